The minimum atomic E-state index is -4.24. The smallest absolute Gasteiger partial charge is 0.386 e. The van der Waals surface area contributed by atoms with Gasteiger partial charge in [-0.05, 0) is 6.92 Å². The fourth-order valence-corrected chi connectivity index (χ4v) is 1.42. The zero-order valence-corrected chi connectivity index (χ0v) is 7.90. The van der Waals surface area contributed by atoms with Crippen molar-refractivity contribution in [3.8, 4) is 0 Å². The lowest BCUT2D eigenvalue weighted by Gasteiger charge is -2.26. The second kappa shape index (κ2) is 4.04. The molecular weight excluding hydrogens is 199 g/mol. The largest absolute Gasteiger partial charge is 0.401 e. The van der Waals surface area contributed by atoms with Crippen LogP contribution in [0.15, 0.2) is 0 Å². The van der Waals surface area contributed by atoms with Gasteiger partial charge in [0.1, 0.15) is 5.60 Å². The van der Waals surface area contributed by atoms with Crippen LogP contribution >= 0.6 is 0 Å². The molecule has 1 aliphatic rings. The van der Waals surface area contributed by atoms with Crippen LogP contribution in [0.3, 0.4) is 0 Å². The lowest BCUT2D eigenvalue weighted by molar-refractivity contribution is -0.128. The normalized spacial score (nSPS) is 33.6. The van der Waals surface area contributed by atoms with Crippen LogP contribution in [0, 0.1) is 0 Å². The highest BCUT2D eigenvalue weighted by Crippen LogP contribution is 2.25. The topological polar surface area (TPSA) is 41.5 Å². The lowest BCUT2D eigenvalue weighted by atomic mass is 9.97. The van der Waals surface area contributed by atoms with Gasteiger partial charge in [-0.25, -0.2) is 0 Å². The third-order valence-corrected chi connectivity index (χ3v) is 2.42. The van der Waals surface area contributed by atoms with Crippen molar-refractivity contribution in [2.24, 2.45) is 0 Å². The quantitative estimate of drug-likeness (QED) is 0.724. The summed E-state index contributed by atoms with van der Waals surface area (Å²) in [5.41, 5.74) is -1.16. The fourth-order valence-electron chi connectivity index (χ4n) is 1.42. The van der Waals surface area contributed by atoms with E-state index in [1.165, 1.54) is 0 Å². The summed E-state index contributed by atoms with van der Waals surface area (Å²) >= 11 is 0. The summed E-state index contributed by atoms with van der Waals surface area (Å²) in [6.07, 6.45) is -4.28. The average molecular weight is 213 g/mol. The van der Waals surface area contributed by atoms with E-state index in [1.54, 1.807) is 6.92 Å². The Kier molecular flexibility index (Phi) is 3.39. The van der Waals surface area contributed by atoms with Crippen molar-refractivity contribution in [1.82, 2.24) is 5.32 Å². The molecule has 0 bridgehead atoms. The summed E-state index contributed by atoms with van der Waals surface area (Å²) in [5, 5.41) is 12.0. The maximum Gasteiger partial charge on any atom is 0.401 e. The highest BCUT2D eigenvalue weighted by atomic mass is 19.4. The Labute approximate surface area is 80.2 Å². The van der Waals surface area contributed by atoms with Crippen LogP contribution < -0.4 is 5.32 Å². The maximum absolute atomic E-state index is 11.8. The van der Waals surface area contributed by atoms with Crippen molar-refractivity contribution in [2.45, 2.75) is 31.2 Å². The lowest BCUT2D eigenvalue weighted by Crippen LogP contribution is -2.47. The molecule has 3 nitrogen and oxygen atoms in total. The van der Waals surface area contributed by atoms with Gasteiger partial charge in [-0.2, -0.15) is 13.2 Å². The molecule has 0 aromatic rings. The average Bonchev–Trinajstić information content (AvgIpc) is 2.30. The molecular formula is C8H14F3NO2. The number of alkyl halides is 3. The second-order valence-electron chi connectivity index (χ2n) is 3.59. The zero-order chi connectivity index (χ0) is 10.8. The van der Waals surface area contributed by atoms with Gasteiger partial charge in [-0.1, -0.05) is 0 Å². The molecule has 0 aliphatic carbocycles. The van der Waals surface area contributed by atoms with Gasteiger partial charge in [0.15, 0.2) is 0 Å². The SMILES string of the molecule is CC1OCCC1(O)CNCC(F)(F)F. The van der Waals surface area contributed by atoms with E-state index in [-0.39, 0.29) is 6.54 Å². The van der Waals surface area contributed by atoms with Crippen LogP contribution in [-0.4, -0.2) is 42.7 Å². The van der Waals surface area contributed by atoms with Crippen molar-refractivity contribution in [3.63, 3.8) is 0 Å². The van der Waals surface area contributed by atoms with Crippen LogP contribution in [0.5, 0.6) is 0 Å². The van der Waals surface area contributed by atoms with Gasteiger partial charge < -0.3 is 15.2 Å². The number of ether oxygens (including phenoxy) is 1. The molecule has 0 saturated carbocycles. The molecule has 2 unspecified atom stereocenters. The molecule has 14 heavy (non-hydrogen) atoms. The van der Waals surface area contributed by atoms with Crippen LogP contribution in [0.1, 0.15) is 13.3 Å². The van der Waals surface area contributed by atoms with Gasteiger partial charge >= 0.3 is 6.18 Å². The Morgan fingerprint density at radius 3 is 2.64 bits per heavy atom. The van der Waals surface area contributed by atoms with Gasteiger partial charge in [0.05, 0.1) is 12.6 Å². The fraction of sp³-hybridized carbons (Fsp3) is 1.00. The highest BCUT2D eigenvalue weighted by molar-refractivity contribution is 4.91. The number of hydrogen-bond donors (Lipinski definition) is 2. The van der Waals surface area contributed by atoms with Crippen molar-refractivity contribution in [3.05, 3.63) is 0 Å². The molecule has 1 aliphatic heterocycles. The molecule has 0 amide bonds. The van der Waals surface area contributed by atoms with E-state index in [1.807, 2.05) is 0 Å². The number of rotatable bonds is 3. The number of halogens is 3. The predicted octanol–water partition coefficient (Wildman–Crippen LogP) is 0.678. The summed E-state index contributed by atoms with van der Waals surface area (Å²) in [7, 11) is 0. The molecule has 2 atom stereocenters. The van der Waals surface area contributed by atoms with Crippen molar-refractivity contribution in [1.29, 1.82) is 0 Å². The molecule has 1 heterocycles. The summed E-state index contributed by atoms with van der Waals surface area (Å²) in [4.78, 5) is 0. The van der Waals surface area contributed by atoms with Crippen molar-refractivity contribution in [2.75, 3.05) is 19.7 Å². The molecule has 2 N–H and O–H groups in total. The number of nitrogens with one attached hydrogen (secondary N) is 1. The van der Waals surface area contributed by atoms with E-state index < -0.39 is 24.4 Å². The van der Waals surface area contributed by atoms with Crippen molar-refractivity contribution >= 4 is 0 Å². The summed E-state index contributed by atoms with van der Waals surface area (Å²) in [6.45, 7) is 0.878. The summed E-state index contributed by atoms with van der Waals surface area (Å²) in [6, 6.07) is 0. The maximum atomic E-state index is 11.8. The first kappa shape index (κ1) is 11.7. The third kappa shape index (κ3) is 3.11. The van der Waals surface area contributed by atoms with E-state index in [0.717, 1.165) is 0 Å². The van der Waals surface area contributed by atoms with Gasteiger partial charge in [-0.15, -0.1) is 0 Å². The zero-order valence-electron chi connectivity index (χ0n) is 7.90. The minimum Gasteiger partial charge on any atom is -0.386 e. The summed E-state index contributed by atoms with van der Waals surface area (Å²) in [5.74, 6) is 0. The van der Waals surface area contributed by atoms with Crippen molar-refractivity contribution < 1.29 is 23.0 Å². The second-order valence-corrected chi connectivity index (χ2v) is 3.59. The molecule has 0 spiro atoms. The molecule has 0 aromatic carbocycles. The van der Waals surface area contributed by atoms with Gasteiger partial charge in [0, 0.05) is 19.6 Å². The first-order valence-electron chi connectivity index (χ1n) is 4.45. The molecule has 1 rings (SSSR count). The van der Waals surface area contributed by atoms with Gasteiger partial charge in [-0.3, -0.25) is 0 Å². The van der Waals surface area contributed by atoms with E-state index >= 15 is 0 Å². The van der Waals surface area contributed by atoms with Gasteiger partial charge in [0.2, 0.25) is 0 Å². The third-order valence-electron chi connectivity index (χ3n) is 2.42. The Balaban J connectivity index is 2.30. The minimum absolute atomic E-state index is 0.0896. The molecule has 84 valence electrons. The number of hydrogen-bond acceptors (Lipinski definition) is 3. The summed E-state index contributed by atoms with van der Waals surface area (Å²) < 4.78 is 40.4. The number of aliphatic hydroxyl groups is 1. The monoisotopic (exact) mass is 213 g/mol. The molecule has 0 aromatic heterocycles. The van der Waals surface area contributed by atoms with Crippen LogP contribution in [0.4, 0.5) is 13.2 Å². The van der Waals surface area contributed by atoms with Crippen LogP contribution in [0.25, 0.3) is 0 Å². The van der Waals surface area contributed by atoms with Crippen LogP contribution in [-0.2, 0) is 4.74 Å². The highest BCUT2D eigenvalue weighted by Gasteiger charge is 2.40. The van der Waals surface area contributed by atoms with E-state index in [0.29, 0.717) is 13.0 Å². The first-order valence-corrected chi connectivity index (χ1v) is 4.45. The Bertz CT molecular complexity index is 198. The van der Waals surface area contributed by atoms with E-state index in [2.05, 4.69) is 5.32 Å². The Morgan fingerprint density at radius 1 is 1.57 bits per heavy atom. The van der Waals surface area contributed by atoms with E-state index in [4.69, 9.17) is 4.74 Å². The standard InChI is InChI=1S/C8H14F3NO2/c1-6-7(13,2-3-14-6)4-12-5-8(9,10)11/h6,12-13H,2-5H2,1H3. The van der Waals surface area contributed by atoms with Gasteiger partial charge in [0.25, 0.3) is 0 Å². The molecule has 0 radical (unpaired) electrons. The molecule has 6 heteroatoms. The van der Waals surface area contributed by atoms with E-state index in [9.17, 15) is 18.3 Å². The Hall–Kier alpha value is -0.330. The Morgan fingerprint density at radius 2 is 2.21 bits per heavy atom. The van der Waals surface area contributed by atoms with Crippen LogP contribution in [0.2, 0.25) is 0 Å². The predicted molar refractivity (Wildman–Crippen MR) is 43.9 cm³/mol. The first-order chi connectivity index (χ1) is 6.33. The molecule has 1 saturated heterocycles. The molecule has 1 fully saturated rings.